The first-order valence-corrected chi connectivity index (χ1v) is 9.53. The van der Waals surface area contributed by atoms with Crippen LogP contribution in [0.1, 0.15) is 16.1 Å². The van der Waals surface area contributed by atoms with E-state index in [2.05, 4.69) is 42.8 Å². The molecule has 0 saturated carbocycles. The van der Waals surface area contributed by atoms with E-state index in [0.29, 0.717) is 0 Å². The molecule has 2 aromatic heterocycles. The quantitative estimate of drug-likeness (QED) is 0.800. The summed E-state index contributed by atoms with van der Waals surface area (Å²) in [5.41, 5.74) is 2.48. The van der Waals surface area contributed by atoms with Crippen LogP contribution in [0.2, 0.25) is 0 Å². The summed E-state index contributed by atoms with van der Waals surface area (Å²) >= 11 is 5.34. The Bertz CT molecular complexity index is 686. The zero-order valence-corrected chi connectivity index (χ0v) is 15.3. The number of anilines is 1. The number of ether oxygens (including phenoxy) is 1. The molecule has 2 aromatic rings. The Kier molecular flexibility index (Phi) is 4.61. The number of thiophene rings is 1. The molecule has 0 radical (unpaired) electrons. The van der Waals surface area contributed by atoms with E-state index in [1.807, 2.05) is 17.5 Å². The van der Waals surface area contributed by atoms with Gasteiger partial charge in [-0.2, -0.15) is 0 Å². The number of hydrogen-bond donors (Lipinski definition) is 0. The lowest BCUT2D eigenvalue weighted by Gasteiger charge is -2.30. The summed E-state index contributed by atoms with van der Waals surface area (Å²) in [5.74, 6) is 0.864. The predicted molar refractivity (Wildman–Crippen MR) is 94.9 cm³/mol. The van der Waals surface area contributed by atoms with Gasteiger partial charge in [-0.25, -0.2) is 9.97 Å². The fourth-order valence-electron chi connectivity index (χ4n) is 3.07. The highest BCUT2D eigenvalue weighted by Crippen LogP contribution is 2.26. The van der Waals surface area contributed by atoms with Crippen LogP contribution in [0.3, 0.4) is 0 Å². The monoisotopic (exact) mass is 394 g/mol. The number of halogens is 1. The van der Waals surface area contributed by atoms with E-state index in [1.165, 1.54) is 19.9 Å². The Morgan fingerprint density at radius 2 is 2.09 bits per heavy atom. The first-order valence-electron chi connectivity index (χ1n) is 7.92. The molecular weight excluding hydrogens is 376 g/mol. The van der Waals surface area contributed by atoms with Gasteiger partial charge in [-0.05, 0) is 28.1 Å². The highest BCUT2D eigenvalue weighted by atomic mass is 79.9. The second-order valence-electron chi connectivity index (χ2n) is 5.91. The van der Waals surface area contributed by atoms with Crippen molar-refractivity contribution in [1.82, 2.24) is 14.9 Å². The first kappa shape index (κ1) is 15.5. The molecular formula is C16H19BrN4OS. The maximum atomic E-state index is 5.40. The number of hydrogen-bond acceptors (Lipinski definition) is 6. The van der Waals surface area contributed by atoms with Crippen LogP contribution in [0.5, 0.6) is 0 Å². The van der Waals surface area contributed by atoms with Crippen molar-refractivity contribution in [1.29, 1.82) is 0 Å². The molecule has 0 unspecified atom stereocenters. The minimum absolute atomic E-state index is 0.768. The molecule has 0 atom stereocenters. The average molecular weight is 395 g/mol. The van der Waals surface area contributed by atoms with Gasteiger partial charge in [0.2, 0.25) is 5.95 Å². The van der Waals surface area contributed by atoms with Crippen molar-refractivity contribution in [2.24, 2.45) is 0 Å². The third-order valence-electron chi connectivity index (χ3n) is 4.30. The lowest BCUT2D eigenvalue weighted by molar-refractivity contribution is 0.122. The molecule has 4 heterocycles. The summed E-state index contributed by atoms with van der Waals surface area (Å²) < 4.78 is 6.60. The minimum atomic E-state index is 0.768. The van der Waals surface area contributed by atoms with Gasteiger partial charge >= 0.3 is 0 Å². The van der Waals surface area contributed by atoms with E-state index < -0.39 is 0 Å². The zero-order valence-electron chi connectivity index (χ0n) is 12.9. The summed E-state index contributed by atoms with van der Waals surface area (Å²) in [6, 6.07) is 4.32. The van der Waals surface area contributed by atoms with Gasteiger partial charge in [0, 0.05) is 55.8 Å². The van der Waals surface area contributed by atoms with Crippen molar-refractivity contribution in [2.75, 3.05) is 37.7 Å². The van der Waals surface area contributed by atoms with Gasteiger partial charge in [-0.1, -0.05) is 0 Å². The van der Waals surface area contributed by atoms with Gasteiger partial charge in [0.25, 0.3) is 0 Å². The molecule has 2 aliphatic rings. The number of morpholine rings is 1. The highest BCUT2D eigenvalue weighted by molar-refractivity contribution is 9.11. The van der Waals surface area contributed by atoms with Crippen LogP contribution in [0.25, 0.3) is 0 Å². The number of nitrogens with zero attached hydrogens (tertiary/aromatic N) is 4. The molecule has 0 N–H and O–H groups in total. The van der Waals surface area contributed by atoms with Gasteiger partial charge in [-0.3, -0.25) is 4.90 Å². The van der Waals surface area contributed by atoms with Crippen molar-refractivity contribution in [3.05, 3.63) is 38.3 Å². The maximum absolute atomic E-state index is 5.40. The summed E-state index contributed by atoms with van der Waals surface area (Å²) in [4.78, 5) is 15.5. The Labute approximate surface area is 148 Å². The minimum Gasteiger partial charge on any atom is -0.378 e. The maximum Gasteiger partial charge on any atom is 0.225 e. The third-order valence-corrected chi connectivity index (χ3v) is 5.91. The van der Waals surface area contributed by atoms with Crippen LogP contribution in [0.4, 0.5) is 5.95 Å². The van der Waals surface area contributed by atoms with Gasteiger partial charge < -0.3 is 9.64 Å². The summed E-state index contributed by atoms with van der Waals surface area (Å²) in [6.45, 7) is 6.31. The number of rotatable bonds is 3. The summed E-state index contributed by atoms with van der Waals surface area (Å²) in [7, 11) is 0. The smallest absolute Gasteiger partial charge is 0.225 e. The molecule has 0 amide bonds. The summed E-state index contributed by atoms with van der Waals surface area (Å²) in [6.07, 6.45) is 3.02. The Morgan fingerprint density at radius 3 is 2.87 bits per heavy atom. The Balaban J connectivity index is 1.45. The molecule has 1 fully saturated rings. The van der Waals surface area contributed by atoms with E-state index in [4.69, 9.17) is 9.72 Å². The van der Waals surface area contributed by atoms with Crippen LogP contribution in [0.15, 0.2) is 22.1 Å². The lowest BCUT2D eigenvalue weighted by atomic mass is 10.1. The molecule has 5 nitrogen and oxygen atoms in total. The molecule has 23 heavy (non-hydrogen) atoms. The molecule has 0 bridgehead atoms. The fraction of sp³-hybridized carbons (Fsp3) is 0.500. The first-order chi connectivity index (χ1) is 11.3. The van der Waals surface area contributed by atoms with Crippen LogP contribution < -0.4 is 4.90 Å². The topological polar surface area (TPSA) is 41.5 Å². The van der Waals surface area contributed by atoms with Gasteiger partial charge in [-0.15, -0.1) is 11.3 Å². The molecule has 4 rings (SSSR count). The second-order valence-corrected chi connectivity index (χ2v) is 8.46. The van der Waals surface area contributed by atoms with Crippen molar-refractivity contribution >= 4 is 33.2 Å². The predicted octanol–water partition coefficient (Wildman–Crippen LogP) is 2.70. The third kappa shape index (κ3) is 3.57. The normalized spacial score (nSPS) is 18.9. The average Bonchev–Trinajstić information content (AvgIpc) is 3.00. The van der Waals surface area contributed by atoms with Crippen molar-refractivity contribution in [3.8, 4) is 0 Å². The molecule has 0 aliphatic carbocycles. The zero-order chi connectivity index (χ0) is 15.6. The van der Waals surface area contributed by atoms with Gasteiger partial charge in [0.1, 0.15) is 0 Å². The highest BCUT2D eigenvalue weighted by Gasteiger charge is 2.21. The summed E-state index contributed by atoms with van der Waals surface area (Å²) in [5, 5.41) is 0. The second kappa shape index (κ2) is 6.84. The molecule has 1 saturated heterocycles. The standard InChI is InChI=1S/C16H19BrN4OS/c17-15-2-1-13(23-15)11-20-4-3-14-12(10-20)9-18-16(19-14)21-5-7-22-8-6-21/h1-2,9H,3-8,10-11H2. The number of fused-ring (bicyclic) bond motifs is 1. The molecule has 122 valence electrons. The molecule has 2 aliphatic heterocycles. The van der Waals surface area contributed by atoms with Gasteiger partial charge in [0.15, 0.2) is 0 Å². The van der Waals surface area contributed by atoms with Crippen molar-refractivity contribution in [2.45, 2.75) is 19.5 Å². The largest absolute Gasteiger partial charge is 0.378 e. The molecule has 0 spiro atoms. The van der Waals surface area contributed by atoms with E-state index in [1.54, 1.807) is 0 Å². The molecule has 0 aromatic carbocycles. The van der Waals surface area contributed by atoms with Gasteiger partial charge in [0.05, 0.1) is 22.7 Å². The van der Waals surface area contributed by atoms with Crippen molar-refractivity contribution < 1.29 is 4.74 Å². The number of aromatic nitrogens is 2. The van der Waals surface area contributed by atoms with Crippen LogP contribution >= 0.6 is 27.3 Å². The Hall–Kier alpha value is -1.02. The lowest BCUT2D eigenvalue weighted by Crippen LogP contribution is -2.38. The van der Waals surface area contributed by atoms with Crippen LogP contribution in [-0.4, -0.2) is 47.7 Å². The fourth-order valence-corrected chi connectivity index (χ4v) is 4.60. The van der Waals surface area contributed by atoms with Crippen molar-refractivity contribution in [3.63, 3.8) is 0 Å². The van der Waals surface area contributed by atoms with E-state index in [0.717, 1.165) is 58.3 Å². The van der Waals surface area contributed by atoms with E-state index in [9.17, 15) is 0 Å². The van der Waals surface area contributed by atoms with E-state index in [-0.39, 0.29) is 0 Å². The van der Waals surface area contributed by atoms with Crippen LogP contribution in [-0.2, 0) is 24.2 Å². The van der Waals surface area contributed by atoms with Crippen LogP contribution in [0, 0.1) is 0 Å². The Morgan fingerprint density at radius 1 is 1.22 bits per heavy atom. The van der Waals surface area contributed by atoms with E-state index >= 15 is 0 Å². The molecule has 7 heteroatoms. The SMILES string of the molecule is Brc1ccc(CN2CCc3nc(N4CCOCC4)ncc3C2)s1.